The topological polar surface area (TPSA) is 32.8 Å². The van der Waals surface area contributed by atoms with Crippen molar-refractivity contribution in [1.29, 1.82) is 0 Å². The highest BCUT2D eigenvalue weighted by atomic mass is 16.6. The van der Waals surface area contributed by atoms with Crippen LogP contribution in [0.1, 0.15) is 79.1 Å². The van der Waals surface area contributed by atoms with Crippen LogP contribution < -0.4 is 0 Å². The Labute approximate surface area is 142 Å². The second-order valence-electron chi connectivity index (χ2n) is 9.80. The van der Waals surface area contributed by atoms with Crippen LogP contribution in [0.15, 0.2) is 12.7 Å². The first-order valence-corrected chi connectivity index (χ1v) is 9.65. The first-order valence-electron chi connectivity index (χ1n) is 9.65. The predicted molar refractivity (Wildman–Crippen MR) is 95.3 cm³/mol. The van der Waals surface area contributed by atoms with Gasteiger partial charge in [-0.25, -0.2) is 0 Å². The fourth-order valence-corrected chi connectivity index (χ4v) is 6.26. The Morgan fingerprint density at radius 1 is 1.26 bits per heavy atom. The molecule has 2 saturated carbocycles. The zero-order valence-electron chi connectivity index (χ0n) is 15.7. The Kier molecular flexibility index (Phi) is 4.25. The van der Waals surface area contributed by atoms with Gasteiger partial charge >= 0.3 is 0 Å². The largest absolute Gasteiger partial charge is 0.386 e. The van der Waals surface area contributed by atoms with Crippen molar-refractivity contribution in [3.63, 3.8) is 0 Å². The zero-order chi connectivity index (χ0) is 16.9. The van der Waals surface area contributed by atoms with Gasteiger partial charge in [0.25, 0.3) is 0 Å². The normalized spacial score (nSPS) is 44.4. The molecule has 2 aliphatic carbocycles. The summed E-state index contributed by atoms with van der Waals surface area (Å²) in [4.78, 5) is 0. The zero-order valence-corrected chi connectivity index (χ0v) is 15.7. The minimum atomic E-state index is -0.724. The maximum absolute atomic E-state index is 10.2. The molecule has 5 atom stereocenters. The summed E-state index contributed by atoms with van der Waals surface area (Å²) in [5.74, 6) is 1.48. The monoisotopic (exact) mass is 320 g/mol. The number of fused-ring (bicyclic) bond motifs is 1. The highest BCUT2D eigenvalue weighted by molar-refractivity contribution is 5.13. The van der Waals surface area contributed by atoms with Gasteiger partial charge in [-0.05, 0) is 74.5 Å². The standard InChI is InChI=1S/C21H36O2/c1-6-19(4,22)12-7-9-17-20(5)13-8-11-18(2,3)16(20)10-14-21(17)15-23-21/h6,16-17,22H,1,7-15H2,2-5H3/t16-,17+,19-,20-,21?/m0/s1. The van der Waals surface area contributed by atoms with Gasteiger partial charge < -0.3 is 9.84 Å². The molecule has 0 radical (unpaired) electrons. The van der Waals surface area contributed by atoms with E-state index >= 15 is 0 Å². The SMILES string of the molecule is C=C[C@](C)(O)CCC[C@H]1C2(CC[C@H]3C(C)(C)CCC[C@@]31C)CO2. The van der Waals surface area contributed by atoms with Crippen LogP contribution in [0.25, 0.3) is 0 Å². The van der Waals surface area contributed by atoms with E-state index in [1.54, 1.807) is 6.08 Å². The van der Waals surface area contributed by atoms with Crippen molar-refractivity contribution in [2.45, 2.75) is 90.3 Å². The van der Waals surface area contributed by atoms with Gasteiger partial charge in [-0.3, -0.25) is 0 Å². The minimum Gasteiger partial charge on any atom is -0.386 e. The van der Waals surface area contributed by atoms with Crippen molar-refractivity contribution >= 4 is 0 Å². The molecule has 23 heavy (non-hydrogen) atoms. The molecule has 0 aromatic rings. The van der Waals surface area contributed by atoms with E-state index in [-0.39, 0.29) is 5.60 Å². The quantitative estimate of drug-likeness (QED) is 0.564. The van der Waals surface area contributed by atoms with Crippen LogP contribution in [0, 0.1) is 22.7 Å². The van der Waals surface area contributed by atoms with Crippen molar-refractivity contribution in [2.24, 2.45) is 22.7 Å². The Morgan fingerprint density at radius 3 is 2.57 bits per heavy atom. The summed E-state index contributed by atoms with van der Waals surface area (Å²) in [5, 5.41) is 10.2. The van der Waals surface area contributed by atoms with Crippen molar-refractivity contribution < 1.29 is 9.84 Å². The van der Waals surface area contributed by atoms with E-state index in [0.29, 0.717) is 16.7 Å². The third-order valence-electron chi connectivity index (χ3n) is 7.69. The summed E-state index contributed by atoms with van der Waals surface area (Å²) in [6.07, 6.45) is 11.4. The van der Waals surface area contributed by atoms with E-state index in [1.807, 2.05) is 6.92 Å². The molecular weight excluding hydrogens is 284 g/mol. The summed E-state index contributed by atoms with van der Waals surface area (Å²) in [6, 6.07) is 0. The van der Waals surface area contributed by atoms with Crippen LogP contribution in [-0.4, -0.2) is 22.9 Å². The third-order valence-corrected chi connectivity index (χ3v) is 7.69. The Bertz CT molecular complexity index is 460. The van der Waals surface area contributed by atoms with Crippen molar-refractivity contribution in [3.8, 4) is 0 Å². The highest BCUT2D eigenvalue weighted by Gasteiger charge is 2.64. The van der Waals surface area contributed by atoms with Gasteiger partial charge in [0.15, 0.2) is 0 Å². The summed E-state index contributed by atoms with van der Waals surface area (Å²) < 4.78 is 6.06. The molecule has 1 heterocycles. The minimum absolute atomic E-state index is 0.179. The molecule has 1 N–H and O–H groups in total. The molecule has 0 aromatic carbocycles. The van der Waals surface area contributed by atoms with Gasteiger partial charge in [0.1, 0.15) is 0 Å². The van der Waals surface area contributed by atoms with E-state index in [2.05, 4.69) is 27.4 Å². The van der Waals surface area contributed by atoms with Crippen LogP contribution in [0.2, 0.25) is 0 Å². The summed E-state index contributed by atoms with van der Waals surface area (Å²) in [7, 11) is 0. The summed E-state index contributed by atoms with van der Waals surface area (Å²) >= 11 is 0. The van der Waals surface area contributed by atoms with E-state index in [4.69, 9.17) is 4.74 Å². The lowest BCUT2D eigenvalue weighted by Gasteiger charge is -2.59. The van der Waals surface area contributed by atoms with E-state index < -0.39 is 5.60 Å². The average Bonchev–Trinajstić information content (AvgIpc) is 3.21. The highest BCUT2D eigenvalue weighted by Crippen LogP contribution is 2.66. The maximum atomic E-state index is 10.2. The smallest absolute Gasteiger partial charge is 0.0949 e. The molecule has 1 spiro atoms. The molecule has 132 valence electrons. The average molecular weight is 321 g/mol. The molecule has 3 rings (SSSR count). The lowest BCUT2D eigenvalue weighted by molar-refractivity contribution is -0.109. The molecule has 3 fully saturated rings. The Hall–Kier alpha value is -0.340. The van der Waals surface area contributed by atoms with E-state index in [9.17, 15) is 5.11 Å². The van der Waals surface area contributed by atoms with Gasteiger partial charge in [0.05, 0.1) is 17.8 Å². The number of ether oxygens (including phenoxy) is 1. The van der Waals surface area contributed by atoms with Gasteiger partial charge in [0.2, 0.25) is 0 Å². The molecular formula is C21H36O2. The number of epoxide rings is 1. The van der Waals surface area contributed by atoms with E-state index in [0.717, 1.165) is 25.4 Å². The summed E-state index contributed by atoms with van der Waals surface area (Å²) in [6.45, 7) is 14.1. The first-order chi connectivity index (χ1) is 10.7. The van der Waals surface area contributed by atoms with Crippen LogP contribution in [0.5, 0.6) is 0 Å². The molecule has 1 aliphatic heterocycles. The van der Waals surface area contributed by atoms with Gasteiger partial charge in [-0.1, -0.05) is 33.3 Å². The molecule has 1 saturated heterocycles. The molecule has 1 unspecified atom stereocenters. The second-order valence-corrected chi connectivity index (χ2v) is 9.80. The van der Waals surface area contributed by atoms with Crippen LogP contribution in [0.3, 0.4) is 0 Å². The third kappa shape index (κ3) is 3.02. The van der Waals surface area contributed by atoms with Crippen LogP contribution >= 0.6 is 0 Å². The second kappa shape index (κ2) is 5.59. The van der Waals surface area contributed by atoms with E-state index in [1.165, 1.54) is 38.5 Å². The van der Waals surface area contributed by atoms with Gasteiger partial charge in [0, 0.05) is 0 Å². The molecule has 0 aromatic heterocycles. The lowest BCUT2D eigenvalue weighted by atomic mass is 9.45. The number of aliphatic hydroxyl groups is 1. The van der Waals surface area contributed by atoms with Crippen LogP contribution in [-0.2, 0) is 4.74 Å². The van der Waals surface area contributed by atoms with Gasteiger partial charge in [-0.2, -0.15) is 0 Å². The molecule has 0 bridgehead atoms. The molecule has 0 amide bonds. The van der Waals surface area contributed by atoms with Crippen molar-refractivity contribution in [1.82, 2.24) is 0 Å². The Balaban J connectivity index is 1.76. The number of hydrogen-bond donors (Lipinski definition) is 1. The fourth-order valence-electron chi connectivity index (χ4n) is 6.26. The van der Waals surface area contributed by atoms with Crippen molar-refractivity contribution in [2.75, 3.05) is 6.61 Å². The van der Waals surface area contributed by atoms with Crippen molar-refractivity contribution in [3.05, 3.63) is 12.7 Å². The maximum Gasteiger partial charge on any atom is 0.0949 e. The molecule has 3 aliphatic rings. The number of hydrogen-bond acceptors (Lipinski definition) is 2. The fraction of sp³-hybridized carbons (Fsp3) is 0.905. The number of rotatable bonds is 5. The lowest BCUT2D eigenvalue weighted by Crippen LogP contribution is -2.54. The Morgan fingerprint density at radius 2 is 1.96 bits per heavy atom. The van der Waals surface area contributed by atoms with Gasteiger partial charge in [-0.15, -0.1) is 6.58 Å². The van der Waals surface area contributed by atoms with Crippen LogP contribution in [0.4, 0.5) is 0 Å². The summed E-state index contributed by atoms with van der Waals surface area (Å²) in [5.41, 5.74) is 0.335. The first kappa shape index (κ1) is 17.5. The molecule has 2 heteroatoms. The predicted octanol–water partition coefficient (Wildman–Crippen LogP) is 5.11. The molecule has 2 nitrogen and oxygen atoms in total.